The van der Waals surface area contributed by atoms with E-state index in [1.165, 1.54) is 0 Å². The monoisotopic (exact) mass is 1050 g/mol. The molecule has 4 nitrogen and oxygen atoms in total. The second kappa shape index (κ2) is 31.3. The van der Waals surface area contributed by atoms with Gasteiger partial charge in [0.1, 0.15) is 0 Å². The number of rotatable bonds is 9. The van der Waals surface area contributed by atoms with Crippen LogP contribution >= 0.6 is 107 Å². The Morgan fingerprint density at radius 1 is 0.333 bits per heavy atom. The molecule has 0 fully saturated rings. The molecule has 0 atom stereocenters. The molecular formula is C42H40Cl8N2O2P2Pd. The Morgan fingerprint density at radius 2 is 0.526 bits per heavy atom. The average Bonchev–Trinajstić information content (AvgIpc) is 3.23. The van der Waals surface area contributed by atoms with E-state index in [9.17, 15) is 10.2 Å². The zero-order chi connectivity index (χ0) is 41.1. The first-order valence-corrected chi connectivity index (χ1v) is 24.5. The molecule has 0 amide bonds. The van der Waals surface area contributed by atoms with Gasteiger partial charge in [-0.25, -0.2) is 0 Å². The first-order chi connectivity index (χ1) is 27.3. The topological polar surface area (TPSA) is 70.8 Å². The molecule has 0 aliphatic rings. The van der Waals surface area contributed by atoms with E-state index in [1.807, 2.05) is 97.1 Å². The number of nitrogens with zero attached hydrogens (tertiary/aromatic N) is 2. The van der Waals surface area contributed by atoms with Gasteiger partial charge < -0.3 is 10.2 Å². The fraction of sp³-hybridized carbons (Fsp3) is 0.143. The second-order valence-electron chi connectivity index (χ2n) is 10.7. The van der Waals surface area contributed by atoms with E-state index in [-0.39, 0.29) is 53.3 Å². The normalized spacial score (nSPS) is 10.2. The average molecular weight is 1060 g/mol. The van der Waals surface area contributed by atoms with Crippen LogP contribution in [0.4, 0.5) is 0 Å². The molecule has 306 valence electrons. The molecular weight excluding hydrogens is 1020 g/mol. The number of halogens is 8. The molecule has 57 heavy (non-hydrogen) atoms. The Hall–Kier alpha value is -1.64. The fourth-order valence-corrected chi connectivity index (χ4v) is 13.0. The van der Waals surface area contributed by atoms with Gasteiger partial charge in [0, 0.05) is 21.2 Å². The van der Waals surface area contributed by atoms with E-state index in [0.29, 0.717) is 23.7 Å². The van der Waals surface area contributed by atoms with Crippen LogP contribution in [-0.4, -0.2) is 34.4 Å². The number of para-hydroxylation sites is 2. The van der Waals surface area contributed by atoms with E-state index in [0.717, 1.165) is 21.2 Å². The predicted molar refractivity (Wildman–Crippen MR) is 250 cm³/mol. The number of hydrogen-bond donors (Lipinski definition) is 0. The van der Waals surface area contributed by atoms with Crippen LogP contribution in [0.2, 0.25) is 0 Å². The van der Waals surface area contributed by atoms with Crippen LogP contribution < -0.4 is 42.0 Å². The molecule has 0 aromatic heterocycles. The van der Waals surface area contributed by atoms with Gasteiger partial charge in [-0.05, 0) is 10.6 Å². The molecule has 0 saturated carbocycles. The maximum Gasteiger partial charge on any atom is 2.00 e. The standard InChI is InChI=1S/C38H34N2O2P2.4CH2Cl2.Pd/c41-35-25-13-15-27-37(35)43(31-17-5-1-6-18-31,32-19-7-2-8-20-32)39-29-30-40-44(33-21-9-3-10-22-33,34-23-11-4-12-24-34)38-28-16-14-26-36(38)42;4*2-1-3;/h1-28,41-42H,29-30H2;4*1H2;/q;;;;;+2/p-2. The van der Waals surface area contributed by atoms with Crippen molar-refractivity contribution in [2.45, 2.75) is 0 Å². The van der Waals surface area contributed by atoms with Crippen molar-refractivity contribution in [3.05, 3.63) is 170 Å². The van der Waals surface area contributed by atoms with Gasteiger partial charge in [-0.3, -0.25) is 9.49 Å². The van der Waals surface area contributed by atoms with Gasteiger partial charge in [-0.15, -0.1) is 92.8 Å². The van der Waals surface area contributed by atoms with Gasteiger partial charge in [-0.2, -0.15) is 0 Å². The van der Waals surface area contributed by atoms with Gasteiger partial charge in [0.15, 0.2) is 0 Å². The Morgan fingerprint density at radius 3 is 0.737 bits per heavy atom. The summed E-state index contributed by atoms with van der Waals surface area (Å²) in [5, 5.41) is 33.3. The van der Waals surface area contributed by atoms with Crippen LogP contribution in [0.25, 0.3) is 0 Å². The van der Waals surface area contributed by atoms with E-state index in [1.54, 1.807) is 24.3 Å². The second-order valence-corrected chi connectivity index (χ2v) is 20.1. The summed E-state index contributed by atoms with van der Waals surface area (Å²) in [5.41, 5.74) is 0. The Balaban J connectivity index is 0.00000112. The van der Waals surface area contributed by atoms with E-state index < -0.39 is 14.1 Å². The molecule has 0 N–H and O–H groups in total. The maximum atomic E-state index is 13.5. The van der Waals surface area contributed by atoms with Crippen LogP contribution in [0.1, 0.15) is 0 Å². The van der Waals surface area contributed by atoms with Crippen LogP contribution in [0.15, 0.2) is 179 Å². The molecule has 0 heterocycles. The predicted octanol–water partition coefficient (Wildman–Crippen LogP) is 11.2. The van der Waals surface area contributed by atoms with Crippen LogP contribution in [-0.2, 0) is 20.4 Å². The quantitative estimate of drug-likeness (QED) is 0.0626. The van der Waals surface area contributed by atoms with Crippen molar-refractivity contribution < 1.29 is 30.6 Å². The van der Waals surface area contributed by atoms with Crippen molar-refractivity contribution in [2.24, 2.45) is 9.49 Å². The Labute approximate surface area is 391 Å². The smallest absolute Gasteiger partial charge is 0.872 e. The summed E-state index contributed by atoms with van der Waals surface area (Å²) in [5.74, 6) is -0.0464. The number of benzene rings is 6. The minimum absolute atomic E-state index is 0. The van der Waals surface area contributed by atoms with Gasteiger partial charge in [0.25, 0.3) is 0 Å². The molecule has 6 aromatic carbocycles. The Kier molecular flexibility index (Phi) is 29.3. The van der Waals surface area contributed by atoms with Gasteiger partial charge >= 0.3 is 20.4 Å². The summed E-state index contributed by atoms with van der Waals surface area (Å²) in [4.78, 5) is 0. The van der Waals surface area contributed by atoms with Crippen molar-refractivity contribution in [2.75, 3.05) is 34.4 Å². The number of hydrogen-bond acceptors (Lipinski definition) is 4. The van der Waals surface area contributed by atoms with Crippen molar-refractivity contribution in [1.29, 1.82) is 0 Å². The summed E-state index contributed by atoms with van der Waals surface area (Å²) in [7, 11) is -5.39. The first kappa shape index (κ1) is 53.4. The third-order valence-corrected chi connectivity index (χ3v) is 15.2. The third kappa shape index (κ3) is 15.7. The van der Waals surface area contributed by atoms with Gasteiger partial charge in [0.2, 0.25) is 0 Å². The summed E-state index contributed by atoms with van der Waals surface area (Å²) in [6.07, 6.45) is 0. The van der Waals surface area contributed by atoms with Crippen molar-refractivity contribution in [3.8, 4) is 11.5 Å². The summed E-state index contributed by atoms with van der Waals surface area (Å²) in [6, 6.07) is 55.1. The van der Waals surface area contributed by atoms with Crippen LogP contribution in [0.5, 0.6) is 11.5 Å². The SMILES string of the molecule is ClCCl.ClCCl.ClCCl.ClCCl.[O-]c1ccccc1P(=NCCN=P(c1ccccc1)(c1ccccc1)c1ccccc1[O-])(c1ccccc1)c1ccccc1.[Pd+2]. The number of alkyl halides is 8. The van der Waals surface area contributed by atoms with Gasteiger partial charge in [-0.1, -0.05) is 181 Å². The van der Waals surface area contributed by atoms with Crippen molar-refractivity contribution in [1.82, 2.24) is 0 Å². The molecule has 0 spiro atoms. The molecule has 0 radical (unpaired) electrons. The minimum Gasteiger partial charge on any atom is -0.872 e. The van der Waals surface area contributed by atoms with E-state index >= 15 is 0 Å². The Bertz CT molecular complexity index is 1820. The van der Waals surface area contributed by atoms with E-state index in [4.69, 9.17) is 102 Å². The third-order valence-electron chi connectivity index (χ3n) is 7.67. The van der Waals surface area contributed by atoms with Crippen LogP contribution in [0, 0.1) is 0 Å². The van der Waals surface area contributed by atoms with Crippen molar-refractivity contribution >= 4 is 139 Å². The summed E-state index contributed by atoms with van der Waals surface area (Å²) >= 11 is 38.1. The largest absolute Gasteiger partial charge is 2.00 e. The maximum absolute atomic E-state index is 13.5. The first-order valence-electron chi connectivity index (χ1n) is 16.7. The molecule has 6 rings (SSSR count). The van der Waals surface area contributed by atoms with Crippen molar-refractivity contribution in [3.63, 3.8) is 0 Å². The molecule has 6 aromatic rings. The summed E-state index contributed by atoms with van der Waals surface area (Å²) in [6.45, 7) is 0.767. The van der Waals surface area contributed by atoms with E-state index in [2.05, 4.69) is 48.5 Å². The molecule has 0 saturated heterocycles. The van der Waals surface area contributed by atoms with Gasteiger partial charge in [0.05, 0.1) is 48.6 Å². The molecule has 15 heteroatoms. The minimum atomic E-state index is -2.70. The fourth-order valence-electron chi connectivity index (χ4n) is 5.75. The molecule has 0 aliphatic carbocycles. The zero-order valence-corrected chi connectivity index (χ0v) is 39.7. The molecule has 0 aliphatic heterocycles. The summed E-state index contributed by atoms with van der Waals surface area (Å²) < 4.78 is 11.0. The van der Waals surface area contributed by atoms with Crippen LogP contribution in [0.3, 0.4) is 0 Å². The molecule has 0 unspecified atom stereocenters. The molecule has 0 bridgehead atoms. The zero-order valence-electron chi connectivity index (χ0n) is 30.4.